The molecule has 0 saturated carbocycles. The van der Waals surface area contributed by atoms with E-state index in [4.69, 9.17) is 4.74 Å². The molecular formula is C12H23N3O3. The highest BCUT2D eigenvalue weighted by atomic mass is 16.6. The third-order valence-corrected chi connectivity index (χ3v) is 2.49. The van der Waals surface area contributed by atoms with Gasteiger partial charge in [-0.1, -0.05) is 0 Å². The fourth-order valence-corrected chi connectivity index (χ4v) is 1.66. The molecule has 0 aromatic heterocycles. The van der Waals surface area contributed by atoms with Gasteiger partial charge in [-0.25, -0.2) is 4.79 Å². The number of carbonyl (C=O) groups is 2. The molecule has 0 aromatic rings. The molecule has 1 heterocycles. The molecule has 6 heteroatoms. The molecule has 2 amide bonds. The van der Waals surface area contributed by atoms with Crippen molar-refractivity contribution in [2.24, 2.45) is 0 Å². The molecule has 1 unspecified atom stereocenters. The molecule has 0 spiro atoms. The van der Waals surface area contributed by atoms with Crippen LogP contribution in [0.15, 0.2) is 0 Å². The van der Waals surface area contributed by atoms with Crippen molar-refractivity contribution in [1.29, 1.82) is 0 Å². The summed E-state index contributed by atoms with van der Waals surface area (Å²) in [7, 11) is 0. The first kappa shape index (κ1) is 14.8. The van der Waals surface area contributed by atoms with Crippen molar-refractivity contribution >= 4 is 12.0 Å². The second-order valence-corrected chi connectivity index (χ2v) is 5.42. The van der Waals surface area contributed by atoms with Crippen LogP contribution in [0.4, 0.5) is 4.79 Å². The van der Waals surface area contributed by atoms with Gasteiger partial charge >= 0.3 is 6.09 Å². The maximum atomic E-state index is 11.3. The zero-order chi connectivity index (χ0) is 13.6. The van der Waals surface area contributed by atoms with Crippen molar-refractivity contribution in [1.82, 2.24) is 16.0 Å². The van der Waals surface area contributed by atoms with Crippen LogP contribution in [0.3, 0.4) is 0 Å². The van der Waals surface area contributed by atoms with E-state index >= 15 is 0 Å². The van der Waals surface area contributed by atoms with Crippen LogP contribution in [0.1, 0.15) is 33.6 Å². The normalized spacial score (nSPS) is 20.2. The van der Waals surface area contributed by atoms with Crippen molar-refractivity contribution in [2.75, 3.05) is 19.6 Å². The minimum absolute atomic E-state index is 0.111. The molecule has 1 fully saturated rings. The van der Waals surface area contributed by atoms with Crippen LogP contribution < -0.4 is 16.0 Å². The number of hydrogen-bond acceptors (Lipinski definition) is 4. The smallest absolute Gasteiger partial charge is 0.407 e. The first-order valence-corrected chi connectivity index (χ1v) is 6.34. The zero-order valence-electron chi connectivity index (χ0n) is 11.3. The Hall–Kier alpha value is -1.30. The Labute approximate surface area is 108 Å². The second-order valence-electron chi connectivity index (χ2n) is 5.42. The van der Waals surface area contributed by atoms with Crippen LogP contribution in [0.2, 0.25) is 0 Å². The van der Waals surface area contributed by atoms with E-state index in [2.05, 4.69) is 16.0 Å². The van der Waals surface area contributed by atoms with Gasteiger partial charge in [0, 0.05) is 32.1 Å². The third kappa shape index (κ3) is 6.44. The fraction of sp³-hybridized carbons (Fsp3) is 0.833. The quantitative estimate of drug-likeness (QED) is 0.636. The fourth-order valence-electron chi connectivity index (χ4n) is 1.66. The minimum atomic E-state index is -0.467. The van der Waals surface area contributed by atoms with E-state index in [0.717, 1.165) is 6.42 Å². The lowest BCUT2D eigenvalue weighted by atomic mass is 10.1. The van der Waals surface area contributed by atoms with Crippen molar-refractivity contribution in [3.8, 4) is 0 Å². The van der Waals surface area contributed by atoms with Crippen LogP contribution in [0.5, 0.6) is 0 Å². The predicted molar refractivity (Wildman–Crippen MR) is 68.3 cm³/mol. The topological polar surface area (TPSA) is 79.5 Å². The maximum Gasteiger partial charge on any atom is 0.407 e. The van der Waals surface area contributed by atoms with Gasteiger partial charge in [0.2, 0.25) is 5.91 Å². The Kier molecular flexibility index (Phi) is 5.40. The van der Waals surface area contributed by atoms with Gasteiger partial charge in [0.25, 0.3) is 0 Å². The van der Waals surface area contributed by atoms with E-state index in [1.54, 1.807) is 0 Å². The van der Waals surface area contributed by atoms with E-state index in [0.29, 0.717) is 32.1 Å². The second kappa shape index (κ2) is 6.58. The lowest BCUT2D eigenvalue weighted by molar-refractivity contribution is -0.122. The summed E-state index contributed by atoms with van der Waals surface area (Å²) in [6.45, 7) is 7.32. The monoisotopic (exact) mass is 257 g/mol. The molecule has 0 bridgehead atoms. The summed E-state index contributed by atoms with van der Waals surface area (Å²) < 4.78 is 5.11. The molecule has 18 heavy (non-hydrogen) atoms. The summed E-state index contributed by atoms with van der Waals surface area (Å²) in [5, 5.41) is 8.75. The van der Waals surface area contributed by atoms with Crippen LogP contribution in [-0.2, 0) is 9.53 Å². The van der Waals surface area contributed by atoms with Gasteiger partial charge < -0.3 is 20.7 Å². The van der Waals surface area contributed by atoms with Gasteiger partial charge in [-0.2, -0.15) is 0 Å². The number of carbonyl (C=O) groups excluding carboxylic acids is 2. The average Bonchev–Trinajstić information content (AvgIpc) is 2.24. The van der Waals surface area contributed by atoms with E-state index in [1.165, 1.54) is 0 Å². The lowest BCUT2D eigenvalue weighted by Crippen LogP contribution is -2.47. The van der Waals surface area contributed by atoms with Crippen molar-refractivity contribution in [2.45, 2.75) is 45.3 Å². The number of nitrogens with one attached hydrogen (secondary N) is 3. The molecule has 1 rings (SSSR count). The third-order valence-electron chi connectivity index (χ3n) is 2.49. The number of amides is 2. The SMILES string of the molecule is CC(C)(C)OC(=O)NCCNC1CCC(=O)NC1. The molecule has 6 nitrogen and oxygen atoms in total. The van der Waals surface area contributed by atoms with Gasteiger partial charge in [-0.3, -0.25) is 4.79 Å². The summed E-state index contributed by atoms with van der Waals surface area (Å²) in [5.41, 5.74) is -0.467. The highest BCUT2D eigenvalue weighted by Crippen LogP contribution is 2.06. The summed E-state index contributed by atoms with van der Waals surface area (Å²) in [4.78, 5) is 22.3. The van der Waals surface area contributed by atoms with Gasteiger partial charge in [-0.15, -0.1) is 0 Å². The molecule has 3 N–H and O–H groups in total. The van der Waals surface area contributed by atoms with Gasteiger partial charge in [0.05, 0.1) is 0 Å². The number of piperidine rings is 1. The molecular weight excluding hydrogens is 234 g/mol. The van der Waals surface area contributed by atoms with Crippen LogP contribution >= 0.6 is 0 Å². The highest BCUT2D eigenvalue weighted by Gasteiger charge is 2.18. The Balaban J connectivity index is 2.05. The number of rotatable bonds is 4. The number of alkyl carbamates (subject to hydrolysis) is 1. The molecule has 0 radical (unpaired) electrons. The standard InChI is InChI=1S/C12H23N3O3/c1-12(2,3)18-11(17)14-7-6-13-9-4-5-10(16)15-8-9/h9,13H,4-8H2,1-3H3,(H,14,17)(H,15,16). The predicted octanol–water partition coefficient (Wildman–Crippen LogP) is 0.379. The van der Waals surface area contributed by atoms with E-state index in [1.807, 2.05) is 20.8 Å². The molecule has 1 aliphatic rings. The molecule has 1 atom stereocenters. The number of hydrogen-bond donors (Lipinski definition) is 3. The van der Waals surface area contributed by atoms with E-state index in [9.17, 15) is 9.59 Å². The maximum absolute atomic E-state index is 11.3. The van der Waals surface area contributed by atoms with Gasteiger partial charge in [0.1, 0.15) is 5.60 Å². The van der Waals surface area contributed by atoms with Crippen molar-refractivity contribution in [3.63, 3.8) is 0 Å². The van der Waals surface area contributed by atoms with Crippen LogP contribution in [-0.4, -0.2) is 43.3 Å². The molecule has 0 aromatic carbocycles. The largest absolute Gasteiger partial charge is 0.444 e. The Morgan fingerprint density at radius 3 is 2.72 bits per heavy atom. The summed E-state index contributed by atoms with van der Waals surface area (Å²) in [5.74, 6) is 0.111. The van der Waals surface area contributed by atoms with Gasteiger partial charge in [-0.05, 0) is 27.2 Å². The Morgan fingerprint density at radius 1 is 1.44 bits per heavy atom. The van der Waals surface area contributed by atoms with E-state index < -0.39 is 11.7 Å². The summed E-state index contributed by atoms with van der Waals surface area (Å²) in [6.07, 6.45) is 1.01. The van der Waals surface area contributed by atoms with E-state index in [-0.39, 0.29) is 5.91 Å². The lowest BCUT2D eigenvalue weighted by Gasteiger charge is -2.24. The van der Waals surface area contributed by atoms with Crippen LogP contribution in [0.25, 0.3) is 0 Å². The minimum Gasteiger partial charge on any atom is -0.444 e. The summed E-state index contributed by atoms with van der Waals surface area (Å²) >= 11 is 0. The highest BCUT2D eigenvalue weighted by molar-refractivity contribution is 5.76. The van der Waals surface area contributed by atoms with Gasteiger partial charge in [0.15, 0.2) is 0 Å². The molecule has 104 valence electrons. The number of ether oxygens (including phenoxy) is 1. The molecule has 1 saturated heterocycles. The Morgan fingerprint density at radius 2 is 2.17 bits per heavy atom. The first-order chi connectivity index (χ1) is 8.37. The molecule has 0 aliphatic carbocycles. The molecule has 1 aliphatic heterocycles. The first-order valence-electron chi connectivity index (χ1n) is 6.34. The van der Waals surface area contributed by atoms with Crippen molar-refractivity contribution < 1.29 is 14.3 Å². The summed E-state index contributed by atoms with van der Waals surface area (Å²) in [6, 6.07) is 0.295. The van der Waals surface area contributed by atoms with Crippen molar-refractivity contribution in [3.05, 3.63) is 0 Å². The average molecular weight is 257 g/mol. The van der Waals surface area contributed by atoms with Crippen LogP contribution in [0, 0.1) is 0 Å². The zero-order valence-corrected chi connectivity index (χ0v) is 11.3. The Bertz CT molecular complexity index is 289.